The molecule has 0 radical (unpaired) electrons. The summed E-state index contributed by atoms with van der Waals surface area (Å²) < 4.78 is 2.34. The summed E-state index contributed by atoms with van der Waals surface area (Å²) in [6, 6.07) is 14.4. The average Bonchev–Trinajstić information content (AvgIpc) is 2.81. The second-order valence-electron chi connectivity index (χ2n) is 7.23. The Morgan fingerprint density at radius 3 is 2.81 bits per heavy atom. The fraction of sp³-hybridized carbons (Fsp3) is 0.364. The van der Waals surface area contributed by atoms with Gasteiger partial charge in [0.1, 0.15) is 5.82 Å². The molecule has 0 atom stereocenters. The summed E-state index contributed by atoms with van der Waals surface area (Å²) in [6.45, 7) is 3.12. The summed E-state index contributed by atoms with van der Waals surface area (Å²) in [5.74, 6) is 1.23. The van der Waals surface area contributed by atoms with Crippen molar-refractivity contribution in [3.63, 3.8) is 0 Å². The summed E-state index contributed by atoms with van der Waals surface area (Å²) in [5, 5.41) is 3.02. The number of aryl methyl sites for hydroxylation is 4. The Morgan fingerprint density at radius 2 is 1.96 bits per heavy atom. The maximum atomic E-state index is 12.3. The Balaban J connectivity index is 1.43. The predicted octanol–water partition coefficient (Wildman–Crippen LogP) is 4.64. The lowest BCUT2D eigenvalue weighted by Gasteiger charge is -2.07. The summed E-state index contributed by atoms with van der Waals surface area (Å²) in [4.78, 5) is 17.1. The molecule has 2 heterocycles. The minimum atomic E-state index is 0.0469. The first kappa shape index (κ1) is 16.8. The Labute approximate surface area is 154 Å². The number of nitrogens with one attached hydrogen (secondary N) is 1. The van der Waals surface area contributed by atoms with Crippen molar-refractivity contribution in [1.82, 2.24) is 9.55 Å². The van der Waals surface area contributed by atoms with E-state index in [0.717, 1.165) is 30.6 Å². The number of carbonyl (C=O) groups excluding carboxylic acids is 1. The standard InChI is InChI=1S/C22H25N3O/c1-16-6-8-17(9-7-16)10-13-22(26)23-18-11-12-20-19(15-18)24-21-5-3-2-4-14-25(20)21/h6-9,11-12,15H,2-5,10,13-14H2,1H3,(H,23,26). The van der Waals surface area contributed by atoms with Crippen LogP contribution in [0.2, 0.25) is 0 Å². The van der Waals surface area contributed by atoms with Crippen molar-refractivity contribution in [2.45, 2.75) is 52.0 Å². The monoisotopic (exact) mass is 347 g/mol. The lowest BCUT2D eigenvalue weighted by molar-refractivity contribution is -0.116. The molecule has 1 aliphatic heterocycles. The summed E-state index contributed by atoms with van der Waals surface area (Å²) in [5.41, 5.74) is 5.43. The van der Waals surface area contributed by atoms with Crippen molar-refractivity contribution in [3.05, 3.63) is 59.4 Å². The minimum absolute atomic E-state index is 0.0469. The van der Waals surface area contributed by atoms with Gasteiger partial charge >= 0.3 is 0 Å². The van der Waals surface area contributed by atoms with E-state index in [1.165, 1.54) is 41.7 Å². The van der Waals surface area contributed by atoms with Crippen LogP contribution < -0.4 is 5.32 Å². The molecule has 0 spiro atoms. The molecular weight excluding hydrogens is 322 g/mol. The maximum absolute atomic E-state index is 12.3. The first-order valence-corrected chi connectivity index (χ1v) is 9.53. The van der Waals surface area contributed by atoms with Crippen LogP contribution in [-0.2, 0) is 24.2 Å². The number of nitrogens with zero attached hydrogens (tertiary/aromatic N) is 2. The third kappa shape index (κ3) is 3.64. The highest BCUT2D eigenvalue weighted by Crippen LogP contribution is 2.24. The van der Waals surface area contributed by atoms with Gasteiger partial charge < -0.3 is 9.88 Å². The van der Waals surface area contributed by atoms with Gasteiger partial charge in [0.25, 0.3) is 0 Å². The number of rotatable bonds is 4. The second kappa shape index (κ2) is 7.32. The average molecular weight is 347 g/mol. The molecule has 0 saturated heterocycles. The number of fused-ring (bicyclic) bond motifs is 3. The van der Waals surface area contributed by atoms with E-state index in [1.807, 2.05) is 12.1 Å². The maximum Gasteiger partial charge on any atom is 0.224 e. The van der Waals surface area contributed by atoms with Gasteiger partial charge in [-0.3, -0.25) is 4.79 Å². The van der Waals surface area contributed by atoms with Gasteiger partial charge in [-0.1, -0.05) is 36.2 Å². The smallest absolute Gasteiger partial charge is 0.224 e. The topological polar surface area (TPSA) is 46.9 Å². The molecule has 0 aliphatic carbocycles. The van der Waals surface area contributed by atoms with Crippen LogP contribution in [0.15, 0.2) is 42.5 Å². The van der Waals surface area contributed by atoms with Crippen LogP contribution in [0, 0.1) is 6.92 Å². The Hall–Kier alpha value is -2.62. The summed E-state index contributed by atoms with van der Waals surface area (Å²) >= 11 is 0. The quantitative estimate of drug-likeness (QED) is 0.747. The lowest BCUT2D eigenvalue weighted by Crippen LogP contribution is -2.12. The SMILES string of the molecule is Cc1ccc(CCC(=O)Nc2ccc3c(c2)nc2n3CCCCC2)cc1. The molecule has 134 valence electrons. The largest absolute Gasteiger partial charge is 0.328 e. The Kier molecular flexibility index (Phi) is 4.74. The molecule has 0 bridgehead atoms. The molecule has 2 aromatic carbocycles. The number of imidazole rings is 1. The first-order chi connectivity index (χ1) is 12.7. The summed E-state index contributed by atoms with van der Waals surface area (Å²) in [7, 11) is 0. The van der Waals surface area contributed by atoms with E-state index in [2.05, 4.69) is 47.1 Å². The molecule has 26 heavy (non-hydrogen) atoms. The predicted molar refractivity (Wildman–Crippen MR) is 105 cm³/mol. The van der Waals surface area contributed by atoms with E-state index < -0.39 is 0 Å². The molecule has 1 amide bonds. The van der Waals surface area contributed by atoms with E-state index in [1.54, 1.807) is 0 Å². The van der Waals surface area contributed by atoms with Gasteiger partial charge in [-0.2, -0.15) is 0 Å². The molecule has 0 unspecified atom stereocenters. The molecule has 1 aromatic heterocycles. The number of aromatic nitrogens is 2. The zero-order valence-electron chi connectivity index (χ0n) is 15.3. The van der Waals surface area contributed by atoms with Crippen LogP contribution in [0.4, 0.5) is 5.69 Å². The molecular formula is C22H25N3O. The van der Waals surface area contributed by atoms with Crippen molar-refractivity contribution in [3.8, 4) is 0 Å². The summed E-state index contributed by atoms with van der Waals surface area (Å²) in [6.07, 6.45) is 6.00. The molecule has 0 saturated carbocycles. The fourth-order valence-corrected chi connectivity index (χ4v) is 3.66. The van der Waals surface area contributed by atoms with Crippen molar-refractivity contribution < 1.29 is 4.79 Å². The van der Waals surface area contributed by atoms with Gasteiger partial charge in [0, 0.05) is 25.1 Å². The van der Waals surface area contributed by atoms with Crippen LogP contribution in [0.1, 0.15) is 42.6 Å². The second-order valence-corrected chi connectivity index (χ2v) is 7.23. The highest BCUT2D eigenvalue weighted by Gasteiger charge is 2.14. The van der Waals surface area contributed by atoms with Crippen molar-refractivity contribution in [2.75, 3.05) is 5.32 Å². The number of amides is 1. The van der Waals surface area contributed by atoms with Crippen molar-refractivity contribution in [1.29, 1.82) is 0 Å². The number of carbonyl (C=O) groups is 1. The highest BCUT2D eigenvalue weighted by molar-refractivity contribution is 5.93. The number of hydrogen-bond acceptors (Lipinski definition) is 2. The molecule has 1 N–H and O–H groups in total. The zero-order chi connectivity index (χ0) is 17.9. The van der Waals surface area contributed by atoms with E-state index in [-0.39, 0.29) is 5.91 Å². The Bertz CT molecular complexity index is 924. The molecule has 1 aliphatic rings. The zero-order valence-corrected chi connectivity index (χ0v) is 15.3. The van der Waals surface area contributed by atoms with Gasteiger partial charge in [-0.25, -0.2) is 4.98 Å². The number of hydrogen-bond donors (Lipinski definition) is 1. The van der Waals surface area contributed by atoms with Crippen LogP contribution in [-0.4, -0.2) is 15.5 Å². The van der Waals surface area contributed by atoms with E-state index in [4.69, 9.17) is 4.98 Å². The van der Waals surface area contributed by atoms with E-state index >= 15 is 0 Å². The van der Waals surface area contributed by atoms with Gasteiger partial charge in [0.05, 0.1) is 11.0 Å². The van der Waals surface area contributed by atoms with Crippen LogP contribution in [0.25, 0.3) is 11.0 Å². The number of benzene rings is 2. The molecule has 4 rings (SSSR count). The van der Waals surface area contributed by atoms with Crippen LogP contribution >= 0.6 is 0 Å². The van der Waals surface area contributed by atoms with Crippen LogP contribution in [0.3, 0.4) is 0 Å². The van der Waals surface area contributed by atoms with Gasteiger partial charge in [-0.15, -0.1) is 0 Å². The lowest BCUT2D eigenvalue weighted by atomic mass is 10.1. The van der Waals surface area contributed by atoms with Gasteiger partial charge in [0.15, 0.2) is 0 Å². The van der Waals surface area contributed by atoms with E-state index in [0.29, 0.717) is 6.42 Å². The van der Waals surface area contributed by atoms with Crippen molar-refractivity contribution in [2.24, 2.45) is 0 Å². The third-order valence-corrected chi connectivity index (χ3v) is 5.15. The normalized spacial score (nSPS) is 14.0. The molecule has 4 nitrogen and oxygen atoms in total. The minimum Gasteiger partial charge on any atom is -0.328 e. The first-order valence-electron chi connectivity index (χ1n) is 9.53. The highest BCUT2D eigenvalue weighted by atomic mass is 16.1. The van der Waals surface area contributed by atoms with Crippen LogP contribution in [0.5, 0.6) is 0 Å². The number of anilines is 1. The van der Waals surface area contributed by atoms with Gasteiger partial charge in [-0.05, 0) is 49.9 Å². The third-order valence-electron chi connectivity index (χ3n) is 5.15. The molecule has 3 aromatic rings. The Morgan fingerprint density at radius 1 is 1.12 bits per heavy atom. The molecule has 4 heteroatoms. The van der Waals surface area contributed by atoms with Gasteiger partial charge in [0.2, 0.25) is 5.91 Å². The van der Waals surface area contributed by atoms with Crippen molar-refractivity contribution >= 4 is 22.6 Å². The molecule has 0 fully saturated rings. The van der Waals surface area contributed by atoms with E-state index in [9.17, 15) is 4.79 Å². The fourth-order valence-electron chi connectivity index (χ4n) is 3.66.